The molecule has 36 heavy (non-hydrogen) atoms. The van der Waals surface area contributed by atoms with E-state index in [1.807, 2.05) is 73.7 Å². The first-order chi connectivity index (χ1) is 17.4. The Balaban J connectivity index is 1.59. The molecule has 4 rings (SSSR count). The number of rotatable bonds is 9. The van der Waals surface area contributed by atoms with E-state index in [1.165, 1.54) is 11.8 Å². The fourth-order valence-corrected chi connectivity index (χ4v) is 4.81. The van der Waals surface area contributed by atoms with Gasteiger partial charge in [-0.2, -0.15) is 0 Å². The molecule has 1 amide bonds. The third-order valence-corrected chi connectivity index (χ3v) is 6.45. The summed E-state index contributed by atoms with van der Waals surface area (Å²) in [6.07, 6.45) is 1.90. The molecule has 0 aliphatic carbocycles. The van der Waals surface area contributed by atoms with Crippen LogP contribution in [0.15, 0.2) is 70.3 Å². The Morgan fingerprint density at radius 2 is 1.86 bits per heavy atom. The van der Waals surface area contributed by atoms with Crippen LogP contribution < -0.4 is 14.8 Å². The number of allylic oxidation sites excluding steroid dienone is 1. The minimum Gasteiger partial charge on any atom is -0.490 e. The molecule has 9 heteroatoms. The number of amides is 1. The van der Waals surface area contributed by atoms with Gasteiger partial charge < -0.3 is 24.4 Å². The Kier molecular flexibility index (Phi) is 8.00. The van der Waals surface area contributed by atoms with Crippen LogP contribution in [0.5, 0.6) is 11.5 Å². The largest absolute Gasteiger partial charge is 0.490 e. The molecular weight excluding hydrogens is 478 g/mol. The minimum atomic E-state index is -0.430. The normalized spacial score (nSPS) is 16.4. The van der Waals surface area contributed by atoms with E-state index in [4.69, 9.17) is 14.2 Å². The fraction of sp³-hybridized carbons (Fsp3) is 0.296. The maximum atomic E-state index is 12.9. The number of benzene rings is 2. The minimum absolute atomic E-state index is 0.174. The molecule has 0 unspecified atom stereocenters. The maximum Gasteiger partial charge on any atom is 0.338 e. The van der Waals surface area contributed by atoms with Crippen molar-refractivity contribution in [2.75, 3.05) is 25.1 Å². The lowest BCUT2D eigenvalue weighted by molar-refractivity contribution is -0.139. The lowest BCUT2D eigenvalue weighted by Crippen LogP contribution is -2.34. The van der Waals surface area contributed by atoms with Gasteiger partial charge in [-0.1, -0.05) is 36.0 Å². The summed E-state index contributed by atoms with van der Waals surface area (Å²) < 4.78 is 17.0. The lowest BCUT2D eigenvalue weighted by atomic mass is 9.94. The molecule has 2 aromatic rings. The van der Waals surface area contributed by atoms with Gasteiger partial charge in [0.1, 0.15) is 0 Å². The average molecular weight is 508 g/mol. The highest BCUT2D eigenvalue weighted by atomic mass is 32.2. The second-order valence-corrected chi connectivity index (χ2v) is 8.99. The van der Waals surface area contributed by atoms with Crippen molar-refractivity contribution in [1.82, 2.24) is 4.90 Å². The van der Waals surface area contributed by atoms with Crippen LogP contribution in [-0.4, -0.2) is 41.8 Å². The van der Waals surface area contributed by atoms with E-state index in [0.717, 1.165) is 22.0 Å². The first-order valence-electron chi connectivity index (χ1n) is 11.8. The van der Waals surface area contributed by atoms with Crippen molar-refractivity contribution in [2.24, 2.45) is 4.99 Å². The number of carbonyl (C=O) groups is 2. The topological polar surface area (TPSA) is 89.5 Å². The predicted molar refractivity (Wildman–Crippen MR) is 141 cm³/mol. The number of aryl methyl sites for hydroxylation is 1. The first kappa shape index (κ1) is 25.4. The van der Waals surface area contributed by atoms with Crippen LogP contribution in [0, 0.1) is 6.92 Å². The smallest absolute Gasteiger partial charge is 0.338 e. The molecule has 0 radical (unpaired) electrons. The molecule has 2 aliphatic heterocycles. The van der Waals surface area contributed by atoms with Crippen LogP contribution in [-0.2, 0) is 14.3 Å². The molecule has 8 nitrogen and oxygen atoms in total. The number of thioether (sulfide) groups is 1. The third-order valence-electron chi connectivity index (χ3n) is 5.68. The van der Waals surface area contributed by atoms with Gasteiger partial charge in [0.15, 0.2) is 23.3 Å². The van der Waals surface area contributed by atoms with Crippen LogP contribution >= 0.6 is 11.8 Å². The summed E-state index contributed by atoms with van der Waals surface area (Å²) >= 11 is 1.49. The number of hydrogen-bond donors (Lipinski definition) is 1. The van der Waals surface area contributed by atoms with Crippen molar-refractivity contribution in [3.05, 3.63) is 76.5 Å². The summed E-state index contributed by atoms with van der Waals surface area (Å²) in [5.41, 5.74) is 3.62. The molecule has 1 atom stereocenters. The number of esters is 1. The van der Waals surface area contributed by atoms with Crippen molar-refractivity contribution in [3.63, 3.8) is 0 Å². The SMILES string of the molecule is CCOC(=O)C1=C(C)N=C2SC=CN2[C@H]1c1ccc(OCC(=O)Nc2ccccc2C)c(OCC)c1. The highest BCUT2D eigenvalue weighted by molar-refractivity contribution is 8.16. The Bertz CT molecular complexity index is 1250. The second kappa shape index (κ2) is 11.3. The Hall–Kier alpha value is -3.72. The summed E-state index contributed by atoms with van der Waals surface area (Å²) in [5, 5.41) is 5.58. The van der Waals surface area contributed by atoms with Crippen molar-refractivity contribution in [1.29, 1.82) is 0 Å². The summed E-state index contributed by atoms with van der Waals surface area (Å²) in [7, 11) is 0. The number of carbonyl (C=O) groups excluding carboxylic acids is 2. The molecule has 0 aromatic heterocycles. The number of fused-ring (bicyclic) bond motifs is 1. The fourth-order valence-electron chi connectivity index (χ4n) is 4.02. The monoisotopic (exact) mass is 507 g/mol. The zero-order valence-corrected chi connectivity index (χ0v) is 21.6. The molecule has 0 spiro atoms. The summed E-state index contributed by atoms with van der Waals surface area (Å²) in [6, 6.07) is 12.6. The van der Waals surface area contributed by atoms with Gasteiger partial charge in [0.2, 0.25) is 0 Å². The highest BCUT2D eigenvalue weighted by Crippen LogP contribution is 2.43. The Labute approximate surface area is 215 Å². The zero-order valence-electron chi connectivity index (χ0n) is 20.7. The van der Waals surface area contributed by atoms with Crippen LogP contribution in [0.1, 0.15) is 37.9 Å². The van der Waals surface area contributed by atoms with Gasteiger partial charge in [-0.25, -0.2) is 9.79 Å². The van der Waals surface area contributed by atoms with Gasteiger partial charge in [0.25, 0.3) is 5.91 Å². The standard InChI is InChI=1S/C27H29N3O5S/c1-5-33-22-15-19(11-12-21(22)35-16-23(31)29-20-10-8-7-9-17(20)3)25-24(26(32)34-6-2)18(4)28-27-30(25)13-14-36-27/h7-15,25H,5-6,16H2,1-4H3,(H,29,31)/t25-/m0/s1. The summed E-state index contributed by atoms with van der Waals surface area (Å²) in [4.78, 5) is 31.9. The van der Waals surface area contributed by atoms with Gasteiger partial charge in [0, 0.05) is 11.9 Å². The van der Waals surface area contributed by atoms with Crippen molar-refractivity contribution < 1.29 is 23.8 Å². The quantitative estimate of drug-likeness (QED) is 0.468. The van der Waals surface area contributed by atoms with E-state index in [2.05, 4.69) is 10.3 Å². The number of nitrogens with zero attached hydrogens (tertiary/aromatic N) is 2. The van der Waals surface area contributed by atoms with Gasteiger partial charge in [-0.15, -0.1) is 0 Å². The van der Waals surface area contributed by atoms with E-state index >= 15 is 0 Å². The number of amidine groups is 1. The second-order valence-electron chi connectivity index (χ2n) is 8.12. The summed E-state index contributed by atoms with van der Waals surface area (Å²) in [5.74, 6) is 0.250. The third kappa shape index (κ3) is 5.41. The van der Waals surface area contributed by atoms with E-state index in [9.17, 15) is 9.59 Å². The predicted octanol–water partition coefficient (Wildman–Crippen LogP) is 5.18. The van der Waals surface area contributed by atoms with E-state index in [1.54, 1.807) is 13.0 Å². The lowest BCUT2D eigenvalue weighted by Gasteiger charge is -2.33. The summed E-state index contributed by atoms with van der Waals surface area (Å²) in [6.45, 7) is 7.90. The Morgan fingerprint density at radius 3 is 2.61 bits per heavy atom. The molecule has 2 aromatic carbocycles. The molecule has 0 saturated heterocycles. The number of hydrogen-bond acceptors (Lipinski definition) is 8. The first-order valence-corrected chi connectivity index (χ1v) is 12.6. The van der Waals surface area contributed by atoms with Crippen molar-refractivity contribution in [2.45, 2.75) is 33.7 Å². The number of anilines is 1. The van der Waals surface area contributed by atoms with E-state index < -0.39 is 12.0 Å². The molecule has 2 aliphatic rings. The average Bonchev–Trinajstić information content (AvgIpc) is 3.32. The zero-order chi connectivity index (χ0) is 25.7. The number of para-hydroxylation sites is 1. The highest BCUT2D eigenvalue weighted by Gasteiger charge is 2.37. The molecule has 0 fully saturated rings. The van der Waals surface area contributed by atoms with E-state index in [0.29, 0.717) is 29.4 Å². The van der Waals surface area contributed by atoms with Gasteiger partial charge in [-0.05, 0) is 62.4 Å². The molecule has 1 N–H and O–H groups in total. The molecule has 2 heterocycles. The number of nitrogens with one attached hydrogen (secondary N) is 1. The molecule has 188 valence electrons. The van der Waals surface area contributed by atoms with Gasteiger partial charge in [0.05, 0.1) is 30.5 Å². The van der Waals surface area contributed by atoms with Crippen LogP contribution in [0.3, 0.4) is 0 Å². The van der Waals surface area contributed by atoms with Gasteiger partial charge in [-0.3, -0.25) is 4.79 Å². The van der Waals surface area contributed by atoms with Crippen molar-refractivity contribution >= 4 is 34.5 Å². The Morgan fingerprint density at radius 1 is 1.06 bits per heavy atom. The number of aliphatic imine (C=N–C) groups is 1. The van der Waals surface area contributed by atoms with Crippen LogP contribution in [0.4, 0.5) is 5.69 Å². The van der Waals surface area contributed by atoms with Crippen molar-refractivity contribution in [3.8, 4) is 11.5 Å². The molecule has 0 bridgehead atoms. The van der Waals surface area contributed by atoms with Crippen LogP contribution in [0.25, 0.3) is 0 Å². The van der Waals surface area contributed by atoms with Gasteiger partial charge >= 0.3 is 5.97 Å². The van der Waals surface area contributed by atoms with E-state index in [-0.39, 0.29) is 19.1 Å². The molecule has 0 saturated carbocycles. The van der Waals surface area contributed by atoms with Crippen LogP contribution in [0.2, 0.25) is 0 Å². The molecular formula is C27H29N3O5S. The number of ether oxygens (including phenoxy) is 3. The maximum absolute atomic E-state index is 12.9.